The highest BCUT2D eigenvalue weighted by molar-refractivity contribution is 8.25. The molecular formula is C6H3Cl3OS3. The molecule has 72 valence electrons. The number of benzene rings is 1. The molecule has 0 bridgehead atoms. The van der Waals surface area contributed by atoms with E-state index in [0.717, 1.165) is 37.8 Å². The molecule has 0 aliphatic heterocycles. The lowest BCUT2D eigenvalue weighted by molar-refractivity contribution is 0.458. The molecule has 0 aliphatic carbocycles. The van der Waals surface area contributed by atoms with Crippen molar-refractivity contribution in [2.45, 2.75) is 14.7 Å². The number of phenols is 1. The lowest BCUT2D eigenvalue weighted by Crippen LogP contribution is -1.79. The van der Waals surface area contributed by atoms with Crippen molar-refractivity contribution in [1.29, 1.82) is 0 Å². The van der Waals surface area contributed by atoms with Crippen molar-refractivity contribution in [3.63, 3.8) is 0 Å². The minimum absolute atomic E-state index is 0.109. The fourth-order valence-electron chi connectivity index (χ4n) is 0.743. The number of hydrogen-bond acceptors (Lipinski definition) is 4. The van der Waals surface area contributed by atoms with E-state index in [0.29, 0.717) is 9.79 Å². The Balaban J connectivity index is 3.27. The van der Waals surface area contributed by atoms with Crippen molar-refractivity contribution < 1.29 is 5.11 Å². The maximum atomic E-state index is 9.41. The fraction of sp³-hybridized carbons (Fsp3) is 0. The summed E-state index contributed by atoms with van der Waals surface area (Å²) in [5.41, 5.74) is 0. The van der Waals surface area contributed by atoms with Crippen LogP contribution < -0.4 is 0 Å². The molecule has 0 aromatic heterocycles. The second kappa shape index (κ2) is 5.73. The van der Waals surface area contributed by atoms with Crippen LogP contribution in [0.5, 0.6) is 5.75 Å². The van der Waals surface area contributed by atoms with E-state index in [-0.39, 0.29) is 5.75 Å². The number of halogens is 3. The summed E-state index contributed by atoms with van der Waals surface area (Å²) in [4.78, 5) is 2.00. The van der Waals surface area contributed by atoms with E-state index in [2.05, 4.69) is 0 Å². The van der Waals surface area contributed by atoms with Crippen LogP contribution in [-0.2, 0) is 0 Å². The first-order chi connectivity index (χ1) is 6.24. The van der Waals surface area contributed by atoms with Crippen LogP contribution in [0.25, 0.3) is 0 Å². The van der Waals surface area contributed by atoms with E-state index in [1.807, 2.05) is 0 Å². The van der Waals surface area contributed by atoms with E-state index in [1.165, 1.54) is 6.07 Å². The molecular weight excluding hydrogens is 291 g/mol. The number of phenolic OH excluding ortho intramolecular Hbond substituents is 1. The summed E-state index contributed by atoms with van der Waals surface area (Å²) < 4.78 is 0. The van der Waals surface area contributed by atoms with E-state index < -0.39 is 0 Å². The van der Waals surface area contributed by atoms with Gasteiger partial charge in [-0.05, 0) is 77.1 Å². The Morgan fingerprint density at radius 2 is 1.54 bits per heavy atom. The third kappa shape index (κ3) is 2.70. The lowest BCUT2D eigenvalue weighted by atomic mass is 10.3. The predicted octanol–water partition coefficient (Wildman–Crippen LogP) is 5.13. The third-order valence-electron chi connectivity index (χ3n) is 1.29. The maximum absolute atomic E-state index is 9.41. The largest absolute Gasteiger partial charge is 0.507 e. The van der Waals surface area contributed by atoms with Crippen molar-refractivity contribution >= 4 is 65.0 Å². The van der Waals surface area contributed by atoms with E-state index >= 15 is 0 Å². The van der Waals surface area contributed by atoms with Gasteiger partial charge >= 0.3 is 0 Å². The summed E-state index contributed by atoms with van der Waals surface area (Å²) in [6, 6.07) is 3.22. The molecule has 0 spiro atoms. The van der Waals surface area contributed by atoms with E-state index in [4.69, 9.17) is 32.0 Å². The Labute approximate surface area is 102 Å². The van der Waals surface area contributed by atoms with Gasteiger partial charge in [-0.3, -0.25) is 0 Å². The average Bonchev–Trinajstić information content (AvgIpc) is 2.17. The van der Waals surface area contributed by atoms with Crippen LogP contribution in [0.15, 0.2) is 26.8 Å². The van der Waals surface area contributed by atoms with Gasteiger partial charge in [-0.1, -0.05) is 0 Å². The molecule has 1 aromatic carbocycles. The van der Waals surface area contributed by atoms with Crippen LogP contribution in [-0.4, -0.2) is 5.11 Å². The Kier molecular flexibility index (Phi) is 5.30. The summed E-state index contributed by atoms with van der Waals surface area (Å²) in [7, 11) is 19.8. The van der Waals surface area contributed by atoms with Gasteiger partial charge in [-0.2, -0.15) is 0 Å². The Morgan fingerprint density at radius 1 is 0.923 bits per heavy atom. The zero-order valence-electron chi connectivity index (χ0n) is 5.96. The molecule has 0 saturated heterocycles. The van der Waals surface area contributed by atoms with Gasteiger partial charge in [0.2, 0.25) is 0 Å². The molecule has 7 heteroatoms. The second-order valence-electron chi connectivity index (χ2n) is 1.97. The van der Waals surface area contributed by atoms with Crippen LogP contribution in [0.3, 0.4) is 0 Å². The lowest BCUT2D eigenvalue weighted by Gasteiger charge is -2.07. The van der Waals surface area contributed by atoms with Crippen molar-refractivity contribution in [2.24, 2.45) is 0 Å². The second-order valence-corrected chi connectivity index (χ2v) is 5.08. The smallest absolute Gasteiger partial charge is 0.131 e. The highest BCUT2D eigenvalue weighted by Gasteiger charge is 2.13. The molecule has 0 amide bonds. The summed E-state index contributed by atoms with van der Waals surface area (Å²) in [6.07, 6.45) is 0. The zero-order valence-corrected chi connectivity index (χ0v) is 10.7. The number of hydrogen-bond donors (Lipinski definition) is 1. The van der Waals surface area contributed by atoms with Crippen LogP contribution in [0.1, 0.15) is 0 Å². The molecule has 0 saturated carbocycles. The van der Waals surface area contributed by atoms with Gasteiger partial charge in [0.25, 0.3) is 0 Å². The summed E-state index contributed by atoms with van der Waals surface area (Å²) in [5, 5.41) is 9.41. The van der Waals surface area contributed by atoms with Crippen LogP contribution >= 0.6 is 65.0 Å². The van der Waals surface area contributed by atoms with Gasteiger partial charge in [-0.25, -0.2) is 0 Å². The molecule has 0 unspecified atom stereocenters. The Morgan fingerprint density at radius 3 is 2.00 bits per heavy atom. The first kappa shape index (κ1) is 12.0. The highest BCUT2D eigenvalue weighted by atomic mass is 35.7. The molecule has 1 aromatic rings. The molecule has 0 fully saturated rings. The van der Waals surface area contributed by atoms with Crippen LogP contribution in [0.4, 0.5) is 0 Å². The SMILES string of the molecule is Oc1ccc(SCl)c(SCl)c1SCl. The zero-order chi connectivity index (χ0) is 9.84. The monoisotopic (exact) mass is 292 g/mol. The topological polar surface area (TPSA) is 20.2 Å². The molecule has 0 radical (unpaired) electrons. The molecule has 1 rings (SSSR count). The normalized spacial score (nSPS) is 10.4. The van der Waals surface area contributed by atoms with Crippen LogP contribution in [0, 0.1) is 0 Å². The molecule has 13 heavy (non-hydrogen) atoms. The van der Waals surface area contributed by atoms with E-state index in [1.54, 1.807) is 6.07 Å². The maximum Gasteiger partial charge on any atom is 0.131 e. The first-order valence-electron chi connectivity index (χ1n) is 2.96. The van der Waals surface area contributed by atoms with Gasteiger partial charge in [-0.15, -0.1) is 0 Å². The highest BCUT2D eigenvalue weighted by Crippen LogP contribution is 2.46. The predicted molar refractivity (Wildman–Crippen MR) is 63.2 cm³/mol. The van der Waals surface area contributed by atoms with Crippen molar-refractivity contribution in [3.8, 4) is 5.75 Å². The minimum Gasteiger partial charge on any atom is -0.507 e. The Bertz CT molecular complexity index is 307. The van der Waals surface area contributed by atoms with Crippen molar-refractivity contribution in [3.05, 3.63) is 12.1 Å². The van der Waals surface area contributed by atoms with Gasteiger partial charge in [0.15, 0.2) is 0 Å². The Hall–Kier alpha value is 0.940. The van der Waals surface area contributed by atoms with Crippen molar-refractivity contribution in [1.82, 2.24) is 0 Å². The minimum atomic E-state index is 0.109. The molecule has 1 N–H and O–H groups in total. The average molecular weight is 294 g/mol. The number of aromatic hydroxyl groups is 1. The van der Waals surface area contributed by atoms with Crippen LogP contribution in [0.2, 0.25) is 0 Å². The van der Waals surface area contributed by atoms with Gasteiger partial charge in [0, 0.05) is 4.90 Å². The summed E-state index contributed by atoms with van der Waals surface area (Å²) >= 11 is 0. The third-order valence-corrected chi connectivity index (χ3v) is 4.63. The summed E-state index contributed by atoms with van der Waals surface area (Å²) in [5.74, 6) is 0.109. The standard InChI is InChI=1S/C6H3Cl3OS3/c7-11-4-2-1-3(10)5(12-8)6(4)13-9/h1-2,10H. The quantitative estimate of drug-likeness (QED) is 0.833. The molecule has 1 nitrogen and oxygen atoms in total. The fourth-order valence-corrected chi connectivity index (χ4v) is 4.13. The van der Waals surface area contributed by atoms with E-state index in [9.17, 15) is 5.11 Å². The summed E-state index contributed by atoms with van der Waals surface area (Å²) in [6.45, 7) is 0. The van der Waals surface area contributed by atoms with Gasteiger partial charge in [0.05, 0.1) is 9.79 Å². The van der Waals surface area contributed by atoms with Gasteiger partial charge < -0.3 is 5.11 Å². The molecule has 0 heterocycles. The number of rotatable bonds is 3. The van der Waals surface area contributed by atoms with Gasteiger partial charge in [0.1, 0.15) is 5.75 Å². The first-order valence-corrected chi connectivity index (χ1v) is 7.89. The van der Waals surface area contributed by atoms with Crippen molar-refractivity contribution in [2.75, 3.05) is 0 Å². The molecule has 0 atom stereocenters. The molecule has 0 aliphatic rings.